The monoisotopic (exact) mass is 231 g/mol. The molecule has 0 unspecified atom stereocenters. The van der Waals surface area contributed by atoms with Crippen LogP contribution in [0.25, 0.3) is 0 Å². The molecule has 2 aliphatic carbocycles. The number of sulfonamides is 1. The Hall–Kier alpha value is -0.0900. The van der Waals surface area contributed by atoms with Gasteiger partial charge in [-0.2, -0.15) is 0 Å². The predicted octanol–water partition coefficient (Wildman–Crippen LogP) is 1.89. The Morgan fingerprint density at radius 1 is 1.13 bits per heavy atom. The molecule has 0 spiro atoms. The van der Waals surface area contributed by atoms with Crippen molar-refractivity contribution in [2.75, 3.05) is 0 Å². The standard InChI is InChI=1S/C11H21NO2S/c1-8-6-10(7-9(8)2)12-15(13,14)11(3)4-5-11/h8-10,12H,4-7H2,1-3H3/t8-,9+,10+. The number of nitrogens with one attached hydrogen (secondary N) is 1. The molecule has 2 fully saturated rings. The van der Waals surface area contributed by atoms with E-state index in [4.69, 9.17) is 0 Å². The van der Waals surface area contributed by atoms with Gasteiger partial charge in [0.15, 0.2) is 0 Å². The average molecular weight is 231 g/mol. The van der Waals surface area contributed by atoms with E-state index < -0.39 is 14.8 Å². The number of hydrogen-bond donors (Lipinski definition) is 1. The van der Waals surface area contributed by atoms with Gasteiger partial charge in [-0.1, -0.05) is 13.8 Å². The van der Waals surface area contributed by atoms with Crippen LogP contribution in [-0.4, -0.2) is 19.2 Å². The van der Waals surface area contributed by atoms with Gasteiger partial charge in [-0.25, -0.2) is 13.1 Å². The van der Waals surface area contributed by atoms with Crippen LogP contribution in [0.2, 0.25) is 0 Å². The quantitative estimate of drug-likeness (QED) is 0.806. The highest BCUT2D eigenvalue weighted by Crippen LogP contribution is 2.43. The van der Waals surface area contributed by atoms with E-state index in [-0.39, 0.29) is 6.04 Å². The molecule has 0 saturated heterocycles. The molecule has 3 atom stereocenters. The second-order valence-corrected chi connectivity index (χ2v) is 7.92. The third-order valence-corrected chi connectivity index (χ3v) is 6.56. The third kappa shape index (κ3) is 2.07. The lowest BCUT2D eigenvalue weighted by atomic mass is 10.0. The van der Waals surface area contributed by atoms with Gasteiger partial charge in [-0.3, -0.25) is 0 Å². The van der Waals surface area contributed by atoms with Crippen LogP contribution in [-0.2, 0) is 10.0 Å². The zero-order chi connectivity index (χ0) is 11.3. The molecule has 0 amide bonds. The van der Waals surface area contributed by atoms with E-state index in [1.54, 1.807) is 0 Å². The zero-order valence-corrected chi connectivity index (χ0v) is 10.6. The Balaban J connectivity index is 1.99. The zero-order valence-electron chi connectivity index (χ0n) is 9.79. The summed E-state index contributed by atoms with van der Waals surface area (Å²) in [7, 11) is -3.07. The highest BCUT2D eigenvalue weighted by atomic mass is 32.2. The minimum atomic E-state index is -3.07. The number of rotatable bonds is 3. The van der Waals surface area contributed by atoms with Crippen molar-refractivity contribution in [1.29, 1.82) is 0 Å². The fourth-order valence-corrected chi connectivity index (χ4v) is 3.92. The molecule has 0 bridgehead atoms. The van der Waals surface area contributed by atoms with E-state index in [2.05, 4.69) is 18.6 Å². The summed E-state index contributed by atoms with van der Waals surface area (Å²) in [5.41, 5.74) is 0. The Morgan fingerprint density at radius 2 is 1.60 bits per heavy atom. The Bertz CT molecular complexity index is 336. The van der Waals surface area contributed by atoms with Crippen molar-refractivity contribution in [3.8, 4) is 0 Å². The molecule has 0 aromatic heterocycles. The summed E-state index contributed by atoms with van der Waals surface area (Å²) in [4.78, 5) is 0. The summed E-state index contributed by atoms with van der Waals surface area (Å²) in [5.74, 6) is 1.29. The molecule has 2 saturated carbocycles. The van der Waals surface area contributed by atoms with Crippen molar-refractivity contribution in [2.24, 2.45) is 11.8 Å². The van der Waals surface area contributed by atoms with Gasteiger partial charge in [0.2, 0.25) is 10.0 Å². The molecule has 0 aliphatic heterocycles. The molecule has 0 heterocycles. The normalized spacial score (nSPS) is 39.3. The van der Waals surface area contributed by atoms with E-state index in [0.717, 1.165) is 25.7 Å². The summed E-state index contributed by atoms with van der Waals surface area (Å²) >= 11 is 0. The van der Waals surface area contributed by atoms with E-state index >= 15 is 0 Å². The van der Waals surface area contributed by atoms with Gasteiger partial charge in [-0.15, -0.1) is 0 Å². The van der Waals surface area contributed by atoms with Crippen LogP contribution < -0.4 is 4.72 Å². The lowest BCUT2D eigenvalue weighted by Crippen LogP contribution is -2.40. The first-order valence-corrected chi connectivity index (χ1v) is 7.34. The average Bonchev–Trinajstić information content (AvgIpc) is 2.77. The van der Waals surface area contributed by atoms with Gasteiger partial charge in [0, 0.05) is 6.04 Å². The Labute approximate surface area is 92.7 Å². The fourth-order valence-electron chi connectivity index (χ4n) is 2.36. The topological polar surface area (TPSA) is 46.2 Å². The van der Waals surface area contributed by atoms with Gasteiger partial charge in [0.05, 0.1) is 4.75 Å². The molecule has 1 N–H and O–H groups in total. The van der Waals surface area contributed by atoms with Crippen molar-refractivity contribution in [3.63, 3.8) is 0 Å². The molecular formula is C11H21NO2S. The summed E-state index contributed by atoms with van der Waals surface area (Å²) in [6.07, 6.45) is 3.63. The maximum Gasteiger partial charge on any atom is 0.217 e. The minimum absolute atomic E-state index is 0.178. The second kappa shape index (κ2) is 3.45. The van der Waals surface area contributed by atoms with Crippen LogP contribution in [0, 0.1) is 11.8 Å². The summed E-state index contributed by atoms with van der Waals surface area (Å²) in [5, 5.41) is 0. The predicted molar refractivity (Wildman–Crippen MR) is 61.0 cm³/mol. The second-order valence-electron chi connectivity index (χ2n) is 5.69. The summed E-state index contributed by atoms with van der Waals surface area (Å²) in [6.45, 7) is 6.26. The molecule has 4 heteroatoms. The summed E-state index contributed by atoms with van der Waals surface area (Å²) < 4.78 is 26.4. The molecule has 0 aromatic rings. The lowest BCUT2D eigenvalue weighted by molar-refractivity contribution is 0.457. The number of hydrogen-bond acceptors (Lipinski definition) is 2. The third-order valence-electron chi connectivity index (χ3n) is 4.21. The first-order valence-electron chi connectivity index (χ1n) is 5.86. The molecular weight excluding hydrogens is 210 g/mol. The highest BCUT2D eigenvalue weighted by molar-refractivity contribution is 7.91. The lowest BCUT2D eigenvalue weighted by Gasteiger charge is -2.17. The van der Waals surface area contributed by atoms with Crippen LogP contribution in [0.3, 0.4) is 0 Å². The van der Waals surface area contributed by atoms with Gasteiger partial charge in [0.1, 0.15) is 0 Å². The molecule has 3 nitrogen and oxygen atoms in total. The Morgan fingerprint density at radius 3 is 2.00 bits per heavy atom. The van der Waals surface area contributed by atoms with Gasteiger partial charge in [-0.05, 0) is 44.4 Å². The van der Waals surface area contributed by atoms with Crippen molar-refractivity contribution in [3.05, 3.63) is 0 Å². The van der Waals surface area contributed by atoms with Gasteiger partial charge < -0.3 is 0 Å². The minimum Gasteiger partial charge on any atom is -0.212 e. The van der Waals surface area contributed by atoms with Crippen LogP contribution in [0.5, 0.6) is 0 Å². The SMILES string of the molecule is C[C@@H]1C[C@H](NS(=O)(=O)C2(C)CC2)C[C@@H]1C. The molecule has 15 heavy (non-hydrogen) atoms. The summed E-state index contributed by atoms with van der Waals surface area (Å²) in [6, 6.07) is 0.178. The molecule has 0 radical (unpaired) electrons. The maximum absolute atomic E-state index is 12.0. The van der Waals surface area contributed by atoms with Crippen LogP contribution in [0.1, 0.15) is 46.5 Å². The first-order chi connectivity index (χ1) is 6.84. The van der Waals surface area contributed by atoms with E-state index in [1.165, 1.54) is 0 Å². The van der Waals surface area contributed by atoms with Crippen molar-refractivity contribution < 1.29 is 8.42 Å². The molecule has 2 rings (SSSR count). The fraction of sp³-hybridized carbons (Fsp3) is 1.00. The smallest absolute Gasteiger partial charge is 0.212 e. The first kappa shape index (κ1) is 11.4. The van der Waals surface area contributed by atoms with E-state index in [0.29, 0.717) is 11.8 Å². The van der Waals surface area contributed by atoms with Crippen molar-refractivity contribution in [1.82, 2.24) is 4.72 Å². The van der Waals surface area contributed by atoms with Gasteiger partial charge >= 0.3 is 0 Å². The molecule has 0 aromatic carbocycles. The van der Waals surface area contributed by atoms with Crippen LogP contribution in [0.4, 0.5) is 0 Å². The molecule has 2 aliphatic rings. The van der Waals surface area contributed by atoms with E-state index in [9.17, 15) is 8.42 Å². The van der Waals surface area contributed by atoms with Crippen LogP contribution >= 0.6 is 0 Å². The van der Waals surface area contributed by atoms with Crippen LogP contribution in [0.15, 0.2) is 0 Å². The van der Waals surface area contributed by atoms with E-state index in [1.807, 2.05) is 6.92 Å². The largest absolute Gasteiger partial charge is 0.217 e. The van der Waals surface area contributed by atoms with Crippen molar-refractivity contribution >= 4 is 10.0 Å². The highest BCUT2D eigenvalue weighted by Gasteiger charge is 2.51. The maximum atomic E-state index is 12.0. The van der Waals surface area contributed by atoms with Crippen molar-refractivity contribution in [2.45, 2.75) is 57.2 Å². The van der Waals surface area contributed by atoms with Gasteiger partial charge in [0.25, 0.3) is 0 Å². The molecule has 88 valence electrons. The Kier molecular flexibility index (Phi) is 2.62.